The van der Waals surface area contributed by atoms with E-state index in [0.29, 0.717) is 6.54 Å². The van der Waals surface area contributed by atoms with Gasteiger partial charge >= 0.3 is 0 Å². The Morgan fingerprint density at radius 2 is 2.29 bits per heavy atom. The van der Waals surface area contributed by atoms with Crippen LogP contribution in [-0.4, -0.2) is 16.3 Å². The number of nitrogens with one attached hydrogen (secondary N) is 1. The Kier molecular flexibility index (Phi) is 4.42. The van der Waals surface area contributed by atoms with E-state index in [2.05, 4.69) is 42.3 Å². The van der Waals surface area contributed by atoms with Crippen molar-refractivity contribution in [3.63, 3.8) is 0 Å². The average Bonchev–Trinajstić information content (AvgIpc) is 2.82. The van der Waals surface area contributed by atoms with E-state index in [-0.39, 0.29) is 0 Å². The van der Waals surface area contributed by atoms with Gasteiger partial charge in [-0.3, -0.25) is 4.68 Å². The molecule has 2 aromatic rings. The first-order valence-electron chi connectivity index (χ1n) is 5.28. The highest BCUT2D eigenvalue weighted by atomic mass is 79.9. The van der Waals surface area contributed by atoms with E-state index in [9.17, 15) is 0 Å². The van der Waals surface area contributed by atoms with Gasteiger partial charge in [-0.2, -0.15) is 5.10 Å². The number of aromatic nitrogens is 2. The van der Waals surface area contributed by atoms with Gasteiger partial charge in [-0.05, 0) is 50.4 Å². The average molecular weight is 363 g/mol. The summed E-state index contributed by atoms with van der Waals surface area (Å²) in [5, 5.41) is 7.52. The van der Waals surface area contributed by atoms with Crippen molar-refractivity contribution in [2.24, 2.45) is 0 Å². The summed E-state index contributed by atoms with van der Waals surface area (Å²) in [4.78, 5) is 0. The highest BCUT2D eigenvalue weighted by Crippen LogP contribution is 2.26. The van der Waals surface area contributed by atoms with Crippen molar-refractivity contribution in [3.05, 3.63) is 38.9 Å². The van der Waals surface area contributed by atoms with E-state index in [0.717, 1.165) is 28.0 Å². The minimum atomic E-state index is 0.713. The molecule has 0 aromatic carbocycles. The summed E-state index contributed by atoms with van der Waals surface area (Å²) in [5.74, 6) is 0.903. The molecule has 0 aliphatic carbocycles. The van der Waals surface area contributed by atoms with E-state index in [1.54, 1.807) is 0 Å². The molecule has 0 radical (unpaired) electrons. The third kappa shape index (κ3) is 3.69. The molecule has 0 atom stereocenters. The van der Waals surface area contributed by atoms with Gasteiger partial charge in [-0.25, -0.2) is 0 Å². The standard InChI is InChI=1S/C11H13Br2N3O/c1-8-5-15-16(7-8)3-2-14-6-9-4-10(12)11(13)17-9/h4-5,7,14H,2-3,6H2,1H3. The predicted octanol–water partition coefficient (Wildman–Crippen LogP) is 3.10. The van der Waals surface area contributed by atoms with Crippen molar-refractivity contribution in [3.8, 4) is 0 Å². The monoisotopic (exact) mass is 361 g/mol. The Balaban J connectivity index is 1.73. The first kappa shape index (κ1) is 12.9. The second-order valence-corrected chi connectivity index (χ2v) is 5.37. The van der Waals surface area contributed by atoms with Crippen molar-refractivity contribution in [1.29, 1.82) is 0 Å². The molecule has 0 saturated heterocycles. The lowest BCUT2D eigenvalue weighted by molar-refractivity contribution is 0.455. The molecule has 1 N–H and O–H groups in total. The highest BCUT2D eigenvalue weighted by molar-refractivity contribution is 9.13. The van der Waals surface area contributed by atoms with E-state index in [1.807, 2.05) is 30.1 Å². The van der Waals surface area contributed by atoms with Crippen LogP contribution in [0.3, 0.4) is 0 Å². The molecule has 0 bridgehead atoms. The van der Waals surface area contributed by atoms with Gasteiger partial charge in [0.2, 0.25) is 0 Å². The Hall–Kier alpha value is -0.590. The fourth-order valence-corrected chi connectivity index (χ4v) is 2.13. The summed E-state index contributed by atoms with van der Waals surface area (Å²) in [6, 6.07) is 1.95. The normalized spacial score (nSPS) is 11.0. The Bertz CT molecular complexity index is 473. The summed E-state index contributed by atoms with van der Waals surface area (Å²) in [5.41, 5.74) is 1.18. The number of hydrogen-bond acceptors (Lipinski definition) is 3. The summed E-state index contributed by atoms with van der Waals surface area (Å²) >= 11 is 6.69. The Morgan fingerprint density at radius 3 is 2.88 bits per heavy atom. The van der Waals surface area contributed by atoms with Crippen molar-refractivity contribution in [2.45, 2.75) is 20.0 Å². The molecule has 17 heavy (non-hydrogen) atoms. The van der Waals surface area contributed by atoms with Gasteiger partial charge in [0.1, 0.15) is 5.76 Å². The molecule has 0 aliphatic rings. The van der Waals surface area contributed by atoms with Crippen LogP contribution in [0, 0.1) is 6.92 Å². The molecule has 0 unspecified atom stereocenters. The number of halogens is 2. The third-order valence-corrected chi connectivity index (χ3v) is 3.99. The zero-order valence-corrected chi connectivity index (χ0v) is 12.6. The maximum atomic E-state index is 5.46. The lowest BCUT2D eigenvalue weighted by Gasteiger charge is -2.02. The van der Waals surface area contributed by atoms with E-state index in [1.165, 1.54) is 5.56 Å². The molecule has 0 fully saturated rings. The third-order valence-electron chi connectivity index (χ3n) is 2.28. The van der Waals surface area contributed by atoms with Gasteiger partial charge in [0.05, 0.1) is 23.8 Å². The van der Waals surface area contributed by atoms with E-state index in [4.69, 9.17) is 4.42 Å². The van der Waals surface area contributed by atoms with Crippen LogP contribution in [0.25, 0.3) is 0 Å². The van der Waals surface area contributed by atoms with Gasteiger partial charge in [-0.1, -0.05) is 0 Å². The number of rotatable bonds is 5. The number of hydrogen-bond donors (Lipinski definition) is 1. The number of furan rings is 1. The molecular weight excluding hydrogens is 350 g/mol. The first-order chi connectivity index (χ1) is 8.15. The molecule has 0 aliphatic heterocycles. The minimum absolute atomic E-state index is 0.713. The summed E-state index contributed by atoms with van der Waals surface area (Å²) in [6.45, 7) is 4.47. The fraction of sp³-hybridized carbons (Fsp3) is 0.364. The molecule has 0 saturated carbocycles. The number of nitrogens with zero attached hydrogens (tertiary/aromatic N) is 2. The second kappa shape index (κ2) is 5.84. The summed E-state index contributed by atoms with van der Waals surface area (Å²) in [6.07, 6.45) is 3.89. The van der Waals surface area contributed by atoms with Crippen LogP contribution in [0.4, 0.5) is 0 Å². The van der Waals surface area contributed by atoms with Crippen LogP contribution in [0.1, 0.15) is 11.3 Å². The Morgan fingerprint density at radius 1 is 1.47 bits per heavy atom. The largest absolute Gasteiger partial charge is 0.452 e. The molecule has 0 spiro atoms. The van der Waals surface area contributed by atoms with E-state index >= 15 is 0 Å². The zero-order chi connectivity index (χ0) is 12.3. The van der Waals surface area contributed by atoms with Crippen LogP contribution in [0.5, 0.6) is 0 Å². The van der Waals surface area contributed by atoms with Crippen LogP contribution < -0.4 is 5.32 Å². The zero-order valence-electron chi connectivity index (χ0n) is 9.41. The smallest absolute Gasteiger partial charge is 0.183 e. The van der Waals surface area contributed by atoms with Crippen LogP contribution in [0.2, 0.25) is 0 Å². The molecule has 2 aromatic heterocycles. The van der Waals surface area contributed by atoms with Gasteiger partial charge in [0, 0.05) is 12.7 Å². The van der Waals surface area contributed by atoms with Crippen LogP contribution in [-0.2, 0) is 13.1 Å². The predicted molar refractivity (Wildman–Crippen MR) is 72.8 cm³/mol. The maximum Gasteiger partial charge on any atom is 0.183 e. The van der Waals surface area contributed by atoms with Crippen molar-refractivity contribution in [1.82, 2.24) is 15.1 Å². The van der Waals surface area contributed by atoms with E-state index < -0.39 is 0 Å². The van der Waals surface area contributed by atoms with Gasteiger partial charge < -0.3 is 9.73 Å². The number of aryl methyl sites for hydroxylation is 1. The SMILES string of the molecule is Cc1cnn(CCNCc2cc(Br)c(Br)o2)c1. The van der Waals surface area contributed by atoms with Crippen molar-refractivity contribution >= 4 is 31.9 Å². The Labute approximate surface area is 117 Å². The van der Waals surface area contributed by atoms with Crippen LogP contribution >= 0.6 is 31.9 Å². The minimum Gasteiger partial charge on any atom is -0.452 e. The van der Waals surface area contributed by atoms with Gasteiger partial charge in [0.15, 0.2) is 4.67 Å². The summed E-state index contributed by atoms with van der Waals surface area (Å²) in [7, 11) is 0. The maximum absolute atomic E-state index is 5.46. The summed E-state index contributed by atoms with van der Waals surface area (Å²) < 4.78 is 9.06. The fourth-order valence-electron chi connectivity index (χ4n) is 1.47. The lowest BCUT2D eigenvalue weighted by Crippen LogP contribution is -2.19. The molecule has 92 valence electrons. The molecule has 4 nitrogen and oxygen atoms in total. The lowest BCUT2D eigenvalue weighted by atomic mass is 10.4. The first-order valence-corrected chi connectivity index (χ1v) is 6.87. The molecule has 2 rings (SSSR count). The van der Waals surface area contributed by atoms with Gasteiger partial charge in [-0.15, -0.1) is 0 Å². The molecular formula is C11H13Br2N3O. The van der Waals surface area contributed by atoms with Crippen molar-refractivity contribution in [2.75, 3.05) is 6.54 Å². The topological polar surface area (TPSA) is 43.0 Å². The molecule has 0 amide bonds. The highest BCUT2D eigenvalue weighted by Gasteiger charge is 2.05. The van der Waals surface area contributed by atoms with Crippen molar-refractivity contribution < 1.29 is 4.42 Å². The second-order valence-electron chi connectivity index (χ2n) is 3.79. The molecule has 6 heteroatoms. The van der Waals surface area contributed by atoms with Gasteiger partial charge in [0.25, 0.3) is 0 Å². The van der Waals surface area contributed by atoms with Crippen LogP contribution in [0.15, 0.2) is 32.0 Å². The molecule has 2 heterocycles. The quantitative estimate of drug-likeness (QED) is 0.831.